The van der Waals surface area contributed by atoms with Gasteiger partial charge in [-0.25, -0.2) is 13.1 Å². The van der Waals surface area contributed by atoms with Crippen LogP contribution in [0.5, 0.6) is 5.75 Å². The van der Waals surface area contributed by atoms with E-state index in [0.717, 1.165) is 12.1 Å². The predicted octanol–water partition coefficient (Wildman–Crippen LogP) is 2.08. The van der Waals surface area contributed by atoms with E-state index in [2.05, 4.69) is 0 Å². The van der Waals surface area contributed by atoms with Gasteiger partial charge in [0.05, 0.1) is 24.7 Å². The molecule has 1 rings (SSSR count). The monoisotopic (exact) mass is 381 g/mol. The Balaban J connectivity index is 3.21. The highest BCUT2D eigenvalue weighted by Crippen LogP contribution is 2.41. The van der Waals surface area contributed by atoms with Crippen LogP contribution in [0.2, 0.25) is 0 Å². The van der Waals surface area contributed by atoms with Crippen molar-refractivity contribution in [1.82, 2.24) is 4.72 Å². The van der Waals surface area contributed by atoms with Gasteiger partial charge in [-0.1, -0.05) is 6.07 Å². The maximum Gasteiger partial charge on any atom is 0.402 e. The summed E-state index contributed by atoms with van der Waals surface area (Å²) >= 11 is 0. The maximum atomic E-state index is 12.7. The van der Waals surface area contributed by atoms with E-state index in [1.807, 2.05) is 0 Å². The van der Waals surface area contributed by atoms with Crippen LogP contribution in [-0.4, -0.2) is 45.6 Å². The lowest BCUT2D eigenvalue weighted by Gasteiger charge is -2.29. The molecule has 0 aliphatic heterocycles. The number of hydrogen-bond donors (Lipinski definition) is 2. The summed E-state index contributed by atoms with van der Waals surface area (Å²) in [6.07, 6.45) is -11.6. The Morgan fingerprint density at radius 3 is 2.12 bits per heavy atom. The zero-order valence-electron chi connectivity index (χ0n) is 12.0. The zero-order chi connectivity index (χ0) is 18.8. The van der Waals surface area contributed by atoms with Crippen molar-refractivity contribution < 1.29 is 44.6 Å². The van der Waals surface area contributed by atoms with E-state index in [0.29, 0.717) is 0 Å². The standard InChI is InChI=1S/C12H13F6NO4S/c1-23-7-3-2-4-8(5-7)24(21,22)19-9(6-20)10(11(13,14)15)12(16,17)18/h2-5,9-10,19-20H,6H2,1H3. The summed E-state index contributed by atoms with van der Waals surface area (Å²) in [7, 11) is -3.57. The van der Waals surface area contributed by atoms with Gasteiger partial charge in [0.1, 0.15) is 5.75 Å². The molecule has 1 aromatic rings. The number of alkyl halides is 6. The molecule has 138 valence electrons. The minimum absolute atomic E-state index is 0.0293. The molecule has 0 amide bonds. The molecule has 0 aliphatic rings. The van der Waals surface area contributed by atoms with Gasteiger partial charge in [0.25, 0.3) is 0 Å². The van der Waals surface area contributed by atoms with Crippen molar-refractivity contribution in [2.75, 3.05) is 13.7 Å². The van der Waals surface area contributed by atoms with Gasteiger partial charge in [-0.15, -0.1) is 0 Å². The van der Waals surface area contributed by atoms with Crippen molar-refractivity contribution in [2.24, 2.45) is 5.92 Å². The largest absolute Gasteiger partial charge is 0.497 e. The first-order valence-corrected chi connectivity index (χ1v) is 7.72. The lowest BCUT2D eigenvalue weighted by atomic mass is 10.00. The molecule has 0 spiro atoms. The molecule has 0 radical (unpaired) electrons. The first kappa shape index (κ1) is 20.5. The van der Waals surface area contributed by atoms with Crippen LogP contribution in [0.3, 0.4) is 0 Å². The number of ether oxygens (including phenoxy) is 1. The lowest BCUT2D eigenvalue weighted by Crippen LogP contribution is -2.54. The van der Waals surface area contributed by atoms with E-state index in [1.54, 1.807) is 0 Å². The van der Waals surface area contributed by atoms with Gasteiger partial charge in [0.2, 0.25) is 10.0 Å². The number of aliphatic hydroxyl groups excluding tert-OH is 1. The van der Waals surface area contributed by atoms with Crippen molar-refractivity contribution in [1.29, 1.82) is 0 Å². The van der Waals surface area contributed by atoms with E-state index in [9.17, 15) is 34.8 Å². The van der Waals surface area contributed by atoms with Gasteiger partial charge in [0, 0.05) is 6.07 Å². The number of halogens is 6. The number of rotatable bonds is 6. The highest BCUT2D eigenvalue weighted by atomic mass is 32.2. The van der Waals surface area contributed by atoms with E-state index in [1.165, 1.54) is 24.0 Å². The summed E-state index contributed by atoms with van der Waals surface area (Å²) in [6, 6.07) is 1.55. The van der Waals surface area contributed by atoms with Gasteiger partial charge in [-0.2, -0.15) is 26.3 Å². The Bertz CT molecular complexity index is 644. The Labute approximate surface area is 133 Å². The fourth-order valence-corrected chi connectivity index (χ4v) is 3.16. The molecule has 5 nitrogen and oxygen atoms in total. The average molecular weight is 381 g/mol. The van der Waals surface area contributed by atoms with Gasteiger partial charge in [-0.05, 0) is 12.1 Å². The van der Waals surface area contributed by atoms with E-state index < -0.39 is 45.8 Å². The lowest BCUT2D eigenvalue weighted by molar-refractivity contribution is -0.292. The molecule has 0 aromatic heterocycles. The molecular weight excluding hydrogens is 368 g/mol. The molecule has 1 atom stereocenters. The molecule has 24 heavy (non-hydrogen) atoms. The summed E-state index contributed by atoms with van der Waals surface area (Å²) in [5.74, 6) is -4.03. The Hall–Kier alpha value is -1.53. The maximum absolute atomic E-state index is 12.7. The van der Waals surface area contributed by atoms with Crippen LogP contribution < -0.4 is 9.46 Å². The molecule has 1 unspecified atom stereocenters. The van der Waals surface area contributed by atoms with Crippen LogP contribution >= 0.6 is 0 Å². The van der Waals surface area contributed by atoms with Crippen molar-refractivity contribution in [3.05, 3.63) is 24.3 Å². The Morgan fingerprint density at radius 2 is 1.71 bits per heavy atom. The molecule has 0 bridgehead atoms. The third kappa shape index (κ3) is 4.98. The van der Waals surface area contributed by atoms with Gasteiger partial charge >= 0.3 is 12.4 Å². The minimum atomic E-state index is -5.80. The molecule has 1 aromatic carbocycles. The second-order valence-corrected chi connectivity index (χ2v) is 6.36. The van der Waals surface area contributed by atoms with Crippen LogP contribution in [0.4, 0.5) is 26.3 Å². The van der Waals surface area contributed by atoms with Gasteiger partial charge < -0.3 is 9.84 Å². The number of benzene rings is 1. The smallest absolute Gasteiger partial charge is 0.402 e. The average Bonchev–Trinajstić information content (AvgIpc) is 2.43. The number of nitrogens with one attached hydrogen (secondary N) is 1. The van der Waals surface area contributed by atoms with Crippen molar-refractivity contribution in [3.8, 4) is 5.75 Å². The molecule has 0 saturated carbocycles. The molecular formula is C12H13F6NO4S. The van der Waals surface area contributed by atoms with E-state index in [-0.39, 0.29) is 5.75 Å². The fourth-order valence-electron chi connectivity index (χ4n) is 1.89. The first-order valence-electron chi connectivity index (χ1n) is 6.23. The SMILES string of the molecule is COc1cccc(S(=O)(=O)NC(CO)C(C(F)(F)F)C(F)(F)F)c1. The molecule has 0 aliphatic carbocycles. The summed E-state index contributed by atoms with van der Waals surface area (Å²) in [6.45, 7) is -1.70. The predicted molar refractivity (Wildman–Crippen MR) is 69.8 cm³/mol. The van der Waals surface area contributed by atoms with Crippen LogP contribution in [0.15, 0.2) is 29.2 Å². The van der Waals surface area contributed by atoms with Gasteiger partial charge in [0.15, 0.2) is 5.92 Å². The molecule has 2 N–H and O–H groups in total. The topological polar surface area (TPSA) is 75.6 Å². The molecule has 0 heterocycles. The fraction of sp³-hybridized carbons (Fsp3) is 0.500. The number of sulfonamides is 1. The highest BCUT2D eigenvalue weighted by molar-refractivity contribution is 7.89. The summed E-state index contributed by atoms with van der Waals surface area (Å²) in [5.41, 5.74) is 0. The van der Waals surface area contributed by atoms with Crippen LogP contribution in [-0.2, 0) is 10.0 Å². The first-order chi connectivity index (χ1) is 10.8. The van der Waals surface area contributed by atoms with Crippen molar-refractivity contribution in [3.63, 3.8) is 0 Å². The summed E-state index contributed by atoms with van der Waals surface area (Å²) in [5, 5.41) is 8.88. The van der Waals surface area contributed by atoms with Gasteiger partial charge in [-0.3, -0.25) is 0 Å². The Morgan fingerprint density at radius 1 is 1.17 bits per heavy atom. The third-order valence-electron chi connectivity index (χ3n) is 2.96. The molecule has 0 saturated heterocycles. The quantitative estimate of drug-likeness (QED) is 0.740. The number of methoxy groups -OCH3 is 1. The second-order valence-electron chi connectivity index (χ2n) is 4.65. The highest BCUT2D eigenvalue weighted by Gasteiger charge is 2.60. The summed E-state index contributed by atoms with van der Waals surface area (Å²) in [4.78, 5) is -0.608. The normalized spacial score (nSPS) is 14.7. The van der Waals surface area contributed by atoms with Crippen LogP contribution in [0, 0.1) is 5.92 Å². The minimum Gasteiger partial charge on any atom is -0.497 e. The zero-order valence-corrected chi connectivity index (χ0v) is 12.8. The van der Waals surface area contributed by atoms with Crippen molar-refractivity contribution in [2.45, 2.75) is 23.3 Å². The Kier molecular flexibility index (Phi) is 6.11. The van der Waals surface area contributed by atoms with E-state index in [4.69, 9.17) is 9.84 Å². The van der Waals surface area contributed by atoms with Crippen LogP contribution in [0.25, 0.3) is 0 Å². The number of aliphatic hydroxyl groups is 1. The molecule has 12 heteroatoms. The summed E-state index contributed by atoms with van der Waals surface area (Å²) < 4.78 is 106. The molecule has 0 fully saturated rings. The third-order valence-corrected chi connectivity index (χ3v) is 4.45. The van der Waals surface area contributed by atoms with Crippen LogP contribution in [0.1, 0.15) is 0 Å². The second kappa shape index (κ2) is 7.15. The number of hydrogen-bond acceptors (Lipinski definition) is 4. The van der Waals surface area contributed by atoms with Crippen molar-refractivity contribution >= 4 is 10.0 Å². The van der Waals surface area contributed by atoms with E-state index >= 15 is 0 Å².